The van der Waals surface area contributed by atoms with Crippen LogP contribution in [0.2, 0.25) is 0 Å². The van der Waals surface area contributed by atoms with Crippen molar-refractivity contribution in [3.05, 3.63) is 71.8 Å². The second-order valence-corrected chi connectivity index (χ2v) is 19.3. The predicted molar refractivity (Wildman–Crippen MR) is 244 cm³/mol. The first-order chi connectivity index (χ1) is 30.6. The Morgan fingerprint density at radius 1 is 0.769 bits per heavy atom. The Hall–Kier alpha value is -5.44. The number of hydrogen-bond acceptors (Lipinski definition) is 10. The molecule has 0 aromatic heterocycles. The van der Waals surface area contributed by atoms with Gasteiger partial charge in [0.05, 0.1) is 18.0 Å². The Morgan fingerprint density at radius 3 is 1.89 bits per heavy atom. The molecule has 2 aliphatic rings. The van der Waals surface area contributed by atoms with Crippen molar-refractivity contribution in [3.63, 3.8) is 0 Å². The number of cyclic esters (lactones) is 1. The number of fused-ring (bicyclic) bond motifs is 2. The molecule has 4 N–H and O–H groups in total. The van der Waals surface area contributed by atoms with Crippen LogP contribution in [0.25, 0.3) is 0 Å². The minimum atomic E-state index is -1.37. The van der Waals surface area contributed by atoms with Crippen LogP contribution in [0.5, 0.6) is 0 Å². The summed E-state index contributed by atoms with van der Waals surface area (Å²) < 4.78 is 6.01. The molecule has 2 fully saturated rings. The summed E-state index contributed by atoms with van der Waals surface area (Å²) in [6, 6.07) is 12.2. The summed E-state index contributed by atoms with van der Waals surface area (Å²) in [5.41, 5.74) is 1.47. The molecule has 2 saturated heterocycles. The molecule has 15 nitrogen and oxygen atoms in total. The molecule has 4 rings (SSSR count). The van der Waals surface area contributed by atoms with Gasteiger partial charge in [0.25, 0.3) is 0 Å². The number of rotatable bonds is 13. The third-order valence-corrected chi connectivity index (χ3v) is 12.5. The van der Waals surface area contributed by atoms with Crippen LogP contribution < -0.4 is 16.0 Å². The van der Waals surface area contributed by atoms with Crippen molar-refractivity contribution in [2.75, 3.05) is 7.05 Å². The molecule has 0 saturated carbocycles. The van der Waals surface area contributed by atoms with Crippen molar-refractivity contribution in [2.24, 2.45) is 35.5 Å². The van der Waals surface area contributed by atoms with Gasteiger partial charge in [0.1, 0.15) is 30.5 Å². The Balaban J connectivity index is 1.84. The lowest BCUT2D eigenvalue weighted by Crippen LogP contribution is -2.61. The number of aliphatic hydroxyl groups is 1. The van der Waals surface area contributed by atoms with Crippen molar-refractivity contribution in [1.29, 1.82) is 0 Å². The minimum Gasteiger partial charge on any atom is -0.460 e. The number of Topliss-reactive ketones (excluding diaryl/α,β-unsaturated/α-hetero) is 2. The number of aliphatic hydroxyl groups excluding tert-OH is 1. The number of carbonyl (C=O) groups is 8. The third-order valence-electron chi connectivity index (χ3n) is 12.5. The number of esters is 1. The second-order valence-electron chi connectivity index (χ2n) is 19.3. The number of carbonyl (C=O) groups excluding carboxylic acids is 8. The van der Waals surface area contributed by atoms with E-state index in [0.29, 0.717) is 5.56 Å². The molecule has 0 spiro atoms. The van der Waals surface area contributed by atoms with Crippen LogP contribution in [0.15, 0.2) is 60.7 Å². The van der Waals surface area contributed by atoms with Crippen LogP contribution in [0.4, 0.5) is 0 Å². The molecule has 2 heterocycles. The van der Waals surface area contributed by atoms with Gasteiger partial charge in [-0.25, -0.2) is 4.79 Å². The maximum absolute atomic E-state index is 14.8. The Kier molecular flexibility index (Phi) is 19.0. The third kappa shape index (κ3) is 14.0. The Morgan fingerprint density at radius 2 is 1.34 bits per heavy atom. The summed E-state index contributed by atoms with van der Waals surface area (Å²) in [5.74, 6) is -8.82. The number of piperidine rings is 1. The minimum absolute atomic E-state index is 0.0334. The van der Waals surface area contributed by atoms with Crippen LogP contribution in [0.3, 0.4) is 0 Å². The summed E-state index contributed by atoms with van der Waals surface area (Å²) in [6.45, 7) is 15.5. The lowest BCUT2D eigenvalue weighted by atomic mass is 9.85. The second kappa shape index (κ2) is 23.7. The van der Waals surface area contributed by atoms with Gasteiger partial charge in [-0.05, 0) is 61.5 Å². The van der Waals surface area contributed by atoms with Crippen LogP contribution in [-0.4, -0.2) is 112 Å². The van der Waals surface area contributed by atoms with Crippen molar-refractivity contribution >= 4 is 47.1 Å². The van der Waals surface area contributed by atoms with Gasteiger partial charge in [0, 0.05) is 38.1 Å². The Bertz CT molecular complexity index is 1990. The molecule has 2 aromatic carbocycles. The predicted octanol–water partition coefficient (Wildman–Crippen LogP) is 4.17. The van der Waals surface area contributed by atoms with Gasteiger partial charge in [-0.2, -0.15) is 0 Å². The maximum Gasteiger partial charge on any atom is 0.329 e. The number of benzene rings is 2. The van der Waals surface area contributed by atoms with E-state index in [-0.39, 0.29) is 50.4 Å². The van der Waals surface area contributed by atoms with Crippen LogP contribution in [-0.2, 0) is 55.9 Å². The van der Waals surface area contributed by atoms with E-state index in [4.69, 9.17) is 4.74 Å². The summed E-state index contributed by atoms with van der Waals surface area (Å²) in [4.78, 5) is 117. The molecule has 0 radical (unpaired) electrons. The van der Waals surface area contributed by atoms with E-state index in [1.165, 1.54) is 18.9 Å². The van der Waals surface area contributed by atoms with Crippen LogP contribution in [0, 0.1) is 35.5 Å². The van der Waals surface area contributed by atoms with Gasteiger partial charge < -0.3 is 35.6 Å². The fourth-order valence-electron chi connectivity index (χ4n) is 8.53. The zero-order chi connectivity index (χ0) is 48.3. The number of ether oxygens (including phenoxy) is 1. The molecule has 15 heteroatoms. The first kappa shape index (κ1) is 52.2. The normalized spacial score (nSPS) is 26.0. The average molecular weight is 902 g/mol. The van der Waals surface area contributed by atoms with Crippen molar-refractivity contribution in [1.82, 2.24) is 25.8 Å². The van der Waals surface area contributed by atoms with Gasteiger partial charge in [-0.1, -0.05) is 116 Å². The molecule has 5 amide bonds. The highest BCUT2D eigenvalue weighted by Crippen LogP contribution is 2.31. The molecule has 9 atom stereocenters. The van der Waals surface area contributed by atoms with E-state index in [1.807, 2.05) is 38.1 Å². The maximum atomic E-state index is 14.8. The van der Waals surface area contributed by atoms with E-state index in [2.05, 4.69) is 16.0 Å². The quantitative estimate of drug-likeness (QED) is 0.211. The molecule has 2 aromatic rings. The number of hydrogen-bond donors (Lipinski definition) is 4. The van der Waals surface area contributed by atoms with Gasteiger partial charge in [-0.3, -0.25) is 33.6 Å². The summed E-state index contributed by atoms with van der Waals surface area (Å²) in [6.07, 6.45) is -2.92. The first-order valence-corrected chi connectivity index (χ1v) is 23.1. The van der Waals surface area contributed by atoms with E-state index in [1.54, 1.807) is 77.9 Å². The van der Waals surface area contributed by atoms with E-state index in [9.17, 15) is 43.5 Å². The van der Waals surface area contributed by atoms with E-state index < -0.39 is 120 Å². The largest absolute Gasteiger partial charge is 0.460 e. The fourth-order valence-corrected chi connectivity index (χ4v) is 8.53. The summed E-state index contributed by atoms with van der Waals surface area (Å²) in [7, 11) is 1.46. The molecular formula is C50H71N5O10. The zero-order valence-electron chi connectivity index (χ0n) is 39.7. The summed E-state index contributed by atoms with van der Waals surface area (Å²) >= 11 is 0. The average Bonchev–Trinajstić information content (AvgIpc) is 3.25. The van der Waals surface area contributed by atoms with Gasteiger partial charge >= 0.3 is 5.97 Å². The lowest BCUT2D eigenvalue weighted by Gasteiger charge is -2.43. The lowest BCUT2D eigenvalue weighted by molar-refractivity contribution is -0.168. The highest BCUT2D eigenvalue weighted by molar-refractivity contribution is 5.98. The van der Waals surface area contributed by atoms with Crippen molar-refractivity contribution in [3.8, 4) is 0 Å². The molecule has 2 bridgehead atoms. The Labute approximate surface area is 384 Å². The molecule has 356 valence electrons. The summed E-state index contributed by atoms with van der Waals surface area (Å²) in [5, 5.41) is 19.9. The highest BCUT2D eigenvalue weighted by atomic mass is 16.5. The molecule has 0 unspecified atom stereocenters. The van der Waals surface area contributed by atoms with Gasteiger partial charge in [0.15, 0.2) is 11.6 Å². The SMILES string of the molecule is CC(C)C[C@H]1C(=O)N(C)[C@@H](Cc2ccccc2)C(=O)N[C@@H](C(C)C)C(=O)O[C@H](C)[C@H](CC(=O)[C@H](Cc2ccccc2)NC(=O)C(C)C)C(=O)N[C@@H](C(C)C)C(=O)C[C@H]2CC[C@@H](O)N1C2=O. The molecule has 65 heavy (non-hydrogen) atoms. The van der Waals surface area contributed by atoms with Crippen LogP contribution >= 0.6 is 0 Å². The van der Waals surface area contributed by atoms with Crippen LogP contribution in [0.1, 0.15) is 106 Å². The van der Waals surface area contributed by atoms with E-state index >= 15 is 0 Å². The molecular weight excluding hydrogens is 831 g/mol. The van der Waals surface area contributed by atoms with Crippen molar-refractivity contribution < 1.29 is 48.2 Å². The number of likely N-dealkylation sites (N-methyl/N-ethyl adjacent to an activating group) is 1. The van der Waals surface area contributed by atoms with Gasteiger partial charge in [0.2, 0.25) is 29.5 Å². The standard InChI is InChI=1S/C50H71N5O10/c1-28(2)23-39-49(63)54(10)38(25-34-19-15-12-16-20-34)47(61)53-44(30(5)6)50(64)65-32(9)36(27-40(56)37(51-45(59)31(7)8)24-33-17-13-11-14-18-33)46(60)52-43(29(3)4)41(57)26-35-21-22-42(58)55(39)48(35)62/h11-20,28-32,35-39,42-44,58H,21-27H2,1-10H3,(H,51,59)(H,52,60)(H,53,61)/t32-,35-,36+,37+,38+,39+,42-,43+,44+/m1/s1. The highest BCUT2D eigenvalue weighted by Gasteiger charge is 2.46. The van der Waals surface area contributed by atoms with E-state index in [0.717, 1.165) is 10.5 Å². The fraction of sp³-hybridized carbons (Fsp3) is 0.600. The number of amides is 5. The zero-order valence-corrected chi connectivity index (χ0v) is 39.7. The smallest absolute Gasteiger partial charge is 0.329 e. The molecule has 0 aliphatic carbocycles. The molecule has 2 aliphatic heterocycles. The van der Waals surface area contributed by atoms with Crippen molar-refractivity contribution in [2.45, 2.75) is 150 Å². The van der Waals surface area contributed by atoms with Gasteiger partial charge in [-0.15, -0.1) is 0 Å². The number of nitrogens with one attached hydrogen (secondary N) is 3. The topological polar surface area (TPSA) is 209 Å². The number of ketones is 2. The number of nitrogens with zero attached hydrogens (tertiary/aromatic N) is 2. The first-order valence-electron chi connectivity index (χ1n) is 23.1. The monoisotopic (exact) mass is 902 g/mol.